The first-order valence-electron chi connectivity index (χ1n) is 9.57. The molecule has 1 saturated heterocycles. The van der Waals surface area contributed by atoms with Crippen LogP contribution in [0.1, 0.15) is 48.6 Å². The van der Waals surface area contributed by atoms with Crippen LogP contribution in [-0.2, 0) is 4.79 Å². The zero-order valence-electron chi connectivity index (χ0n) is 14.1. The minimum atomic E-state index is 0.181. The number of hydrogen-bond donors (Lipinski definition) is 0. The fourth-order valence-corrected chi connectivity index (χ4v) is 5.76. The molecule has 6 rings (SSSR count). The smallest absolute Gasteiger partial charge is 0.226 e. The Bertz CT molecular complexity index is 712. The van der Waals surface area contributed by atoms with E-state index in [4.69, 9.17) is 0 Å². The van der Waals surface area contributed by atoms with Crippen molar-refractivity contribution >= 4 is 5.91 Å². The lowest BCUT2D eigenvalue weighted by Gasteiger charge is -2.53. The molecule has 2 nitrogen and oxygen atoms in total. The zero-order valence-corrected chi connectivity index (χ0v) is 14.1. The van der Waals surface area contributed by atoms with Gasteiger partial charge >= 0.3 is 0 Å². The highest BCUT2D eigenvalue weighted by Crippen LogP contribution is 2.59. The molecule has 24 heavy (non-hydrogen) atoms. The first-order valence-corrected chi connectivity index (χ1v) is 9.57. The molecule has 124 valence electrons. The standard InChI is InChI=1S/C22H25NO/c24-22(23-12-6-1-7-13-23)20-14-19-15-8-2-4-10-17(15)21(20)18-11-5-3-9-16(18)19/h2-5,8-11,15,17,19-21H,1,6-7,12-14H2/t15-,17-,19+,20+,21+/m0/s1. The molecule has 0 N–H and O–H groups in total. The lowest BCUT2D eigenvalue weighted by Crippen LogP contribution is -2.50. The largest absolute Gasteiger partial charge is 0.342 e. The highest BCUT2D eigenvalue weighted by Gasteiger charge is 2.52. The number of fused-ring (bicyclic) bond motifs is 1. The Balaban J connectivity index is 1.54. The summed E-state index contributed by atoms with van der Waals surface area (Å²) in [6.45, 7) is 1.94. The Hall–Kier alpha value is -1.83. The third-order valence-electron chi connectivity index (χ3n) is 6.78. The lowest BCUT2D eigenvalue weighted by atomic mass is 9.51. The SMILES string of the molecule is O=C([C@@H]1C[C@H]2c3ccccc3[C@H]1[C@H]1C=CC=C[C@@H]12)N1CCCCC1. The van der Waals surface area contributed by atoms with Crippen LogP contribution in [0.3, 0.4) is 0 Å². The number of amides is 1. The summed E-state index contributed by atoms with van der Waals surface area (Å²) in [5.41, 5.74) is 2.96. The number of benzene rings is 1. The normalized spacial score (nSPS) is 36.3. The van der Waals surface area contributed by atoms with Crippen molar-refractivity contribution < 1.29 is 4.79 Å². The van der Waals surface area contributed by atoms with E-state index in [9.17, 15) is 4.79 Å². The van der Waals surface area contributed by atoms with E-state index in [1.165, 1.54) is 30.4 Å². The summed E-state index contributed by atoms with van der Waals surface area (Å²) >= 11 is 0. The van der Waals surface area contributed by atoms with E-state index < -0.39 is 0 Å². The molecular weight excluding hydrogens is 294 g/mol. The molecule has 0 spiro atoms. The van der Waals surface area contributed by atoms with Crippen LogP contribution in [-0.4, -0.2) is 23.9 Å². The molecule has 1 saturated carbocycles. The average Bonchev–Trinajstić information content (AvgIpc) is 2.68. The first kappa shape index (κ1) is 14.5. The van der Waals surface area contributed by atoms with Gasteiger partial charge in [-0.15, -0.1) is 0 Å². The minimum Gasteiger partial charge on any atom is -0.342 e. The molecule has 2 heteroatoms. The van der Waals surface area contributed by atoms with Crippen LogP contribution in [0.4, 0.5) is 0 Å². The summed E-state index contributed by atoms with van der Waals surface area (Å²) in [5.74, 6) is 2.58. The fourth-order valence-electron chi connectivity index (χ4n) is 5.76. The van der Waals surface area contributed by atoms with Gasteiger partial charge in [-0.25, -0.2) is 0 Å². The maximum absolute atomic E-state index is 13.3. The summed E-state index contributed by atoms with van der Waals surface area (Å²) in [5, 5.41) is 0. The second kappa shape index (κ2) is 5.61. The number of likely N-dealkylation sites (tertiary alicyclic amines) is 1. The number of rotatable bonds is 1. The van der Waals surface area contributed by atoms with E-state index in [0.29, 0.717) is 29.6 Å². The maximum atomic E-state index is 13.3. The van der Waals surface area contributed by atoms with Crippen molar-refractivity contribution in [1.29, 1.82) is 0 Å². The molecule has 2 fully saturated rings. The van der Waals surface area contributed by atoms with Crippen molar-refractivity contribution in [2.24, 2.45) is 17.8 Å². The molecule has 1 aliphatic heterocycles. The fraction of sp³-hybridized carbons (Fsp3) is 0.500. The second-order valence-corrected chi connectivity index (χ2v) is 7.91. The van der Waals surface area contributed by atoms with Crippen molar-refractivity contribution in [3.05, 3.63) is 59.7 Å². The van der Waals surface area contributed by atoms with Crippen LogP contribution in [0.15, 0.2) is 48.6 Å². The van der Waals surface area contributed by atoms with Crippen molar-refractivity contribution in [2.75, 3.05) is 13.1 Å². The van der Waals surface area contributed by atoms with E-state index in [-0.39, 0.29) is 5.92 Å². The third-order valence-corrected chi connectivity index (χ3v) is 6.78. The number of allylic oxidation sites excluding steroid dienone is 4. The molecule has 0 radical (unpaired) electrons. The molecule has 5 atom stereocenters. The van der Waals surface area contributed by atoms with Gasteiger partial charge in [-0.3, -0.25) is 4.79 Å². The number of carbonyl (C=O) groups is 1. The highest BCUT2D eigenvalue weighted by atomic mass is 16.2. The molecule has 4 aliphatic carbocycles. The van der Waals surface area contributed by atoms with Crippen LogP contribution in [0.2, 0.25) is 0 Å². The second-order valence-electron chi connectivity index (χ2n) is 7.91. The van der Waals surface area contributed by atoms with Crippen LogP contribution < -0.4 is 0 Å². The van der Waals surface area contributed by atoms with Gasteiger partial charge in [0.1, 0.15) is 0 Å². The van der Waals surface area contributed by atoms with Gasteiger partial charge in [0.15, 0.2) is 0 Å². The van der Waals surface area contributed by atoms with E-state index in [1.54, 1.807) is 0 Å². The Kier molecular flexibility index (Phi) is 3.39. The molecule has 0 unspecified atom stereocenters. The van der Waals surface area contributed by atoms with Crippen molar-refractivity contribution in [3.8, 4) is 0 Å². The molecule has 1 aromatic carbocycles. The number of nitrogens with zero attached hydrogens (tertiary/aromatic N) is 1. The lowest BCUT2D eigenvalue weighted by molar-refractivity contribution is -0.139. The average molecular weight is 319 g/mol. The monoisotopic (exact) mass is 319 g/mol. The molecule has 1 amide bonds. The summed E-state index contributed by atoms with van der Waals surface area (Å²) < 4.78 is 0. The summed E-state index contributed by atoms with van der Waals surface area (Å²) in [6.07, 6.45) is 13.8. The first-order chi connectivity index (χ1) is 11.8. The Morgan fingerprint density at radius 1 is 0.917 bits per heavy atom. The van der Waals surface area contributed by atoms with Crippen LogP contribution >= 0.6 is 0 Å². The van der Waals surface area contributed by atoms with Crippen LogP contribution in [0.5, 0.6) is 0 Å². The Labute approximate surface area is 144 Å². The third kappa shape index (κ3) is 2.05. The quantitative estimate of drug-likeness (QED) is 0.757. The molecular formula is C22H25NO. The topological polar surface area (TPSA) is 20.3 Å². The molecule has 0 aromatic heterocycles. The predicted octanol–water partition coefficient (Wildman–Crippen LogP) is 4.26. The van der Waals surface area contributed by atoms with E-state index >= 15 is 0 Å². The van der Waals surface area contributed by atoms with Gasteiger partial charge < -0.3 is 4.90 Å². The van der Waals surface area contributed by atoms with Gasteiger partial charge in [-0.1, -0.05) is 48.6 Å². The van der Waals surface area contributed by atoms with Gasteiger partial charge in [0.2, 0.25) is 5.91 Å². The van der Waals surface area contributed by atoms with Crippen molar-refractivity contribution in [1.82, 2.24) is 4.90 Å². The van der Waals surface area contributed by atoms with Crippen molar-refractivity contribution in [2.45, 2.75) is 37.5 Å². The Morgan fingerprint density at radius 2 is 1.62 bits per heavy atom. The van der Waals surface area contributed by atoms with E-state index in [2.05, 4.69) is 53.5 Å². The van der Waals surface area contributed by atoms with Gasteiger partial charge in [-0.2, -0.15) is 0 Å². The van der Waals surface area contributed by atoms with E-state index in [0.717, 1.165) is 19.5 Å². The van der Waals surface area contributed by atoms with E-state index in [1.807, 2.05) is 0 Å². The summed E-state index contributed by atoms with van der Waals surface area (Å²) in [4.78, 5) is 15.5. The molecule has 1 aromatic rings. The number of carbonyl (C=O) groups excluding carboxylic acids is 1. The van der Waals surface area contributed by atoms with Gasteiger partial charge in [0.05, 0.1) is 0 Å². The van der Waals surface area contributed by atoms with Gasteiger partial charge in [0.25, 0.3) is 0 Å². The minimum absolute atomic E-state index is 0.181. The summed E-state index contributed by atoms with van der Waals surface area (Å²) in [6, 6.07) is 8.90. The Morgan fingerprint density at radius 3 is 2.42 bits per heavy atom. The predicted molar refractivity (Wildman–Crippen MR) is 95.7 cm³/mol. The number of hydrogen-bond acceptors (Lipinski definition) is 1. The zero-order chi connectivity index (χ0) is 16.1. The summed E-state index contributed by atoms with van der Waals surface area (Å²) in [7, 11) is 0. The molecule has 2 bridgehead atoms. The molecule has 5 aliphatic rings. The molecule has 1 heterocycles. The van der Waals surface area contributed by atoms with Crippen molar-refractivity contribution in [3.63, 3.8) is 0 Å². The highest BCUT2D eigenvalue weighted by molar-refractivity contribution is 5.81. The van der Waals surface area contributed by atoms with Crippen LogP contribution in [0, 0.1) is 17.8 Å². The van der Waals surface area contributed by atoms with Gasteiger partial charge in [-0.05, 0) is 54.6 Å². The number of piperidine rings is 1. The maximum Gasteiger partial charge on any atom is 0.226 e. The van der Waals surface area contributed by atoms with Gasteiger partial charge in [0, 0.05) is 24.9 Å². The van der Waals surface area contributed by atoms with Crippen LogP contribution in [0.25, 0.3) is 0 Å².